The zero-order valence-corrected chi connectivity index (χ0v) is 21.8. The first-order chi connectivity index (χ1) is 18.4. The largest absolute Gasteiger partial charge is 0.495 e. The van der Waals surface area contributed by atoms with Crippen LogP contribution in [0.3, 0.4) is 0 Å². The van der Waals surface area contributed by atoms with Crippen molar-refractivity contribution < 1.29 is 27.5 Å². The maximum Gasteiger partial charge on any atom is 0.263 e. The number of benzene rings is 3. The van der Waals surface area contributed by atoms with E-state index in [9.17, 15) is 18.0 Å². The van der Waals surface area contributed by atoms with Gasteiger partial charge >= 0.3 is 0 Å². The first-order valence-electron chi connectivity index (χ1n) is 12.5. The Morgan fingerprint density at radius 2 is 1.71 bits per heavy atom. The molecule has 2 amide bonds. The minimum absolute atomic E-state index is 0.0310. The Labute approximate surface area is 222 Å². The monoisotopic (exact) mass is 535 g/mol. The summed E-state index contributed by atoms with van der Waals surface area (Å²) in [4.78, 5) is 28.2. The molecule has 0 saturated carbocycles. The molecule has 10 heteroatoms. The topological polar surface area (TPSA) is 105 Å². The van der Waals surface area contributed by atoms with Gasteiger partial charge in [-0.05, 0) is 48.7 Å². The lowest BCUT2D eigenvalue weighted by atomic mass is 10.1. The van der Waals surface area contributed by atoms with E-state index in [-0.39, 0.29) is 28.7 Å². The van der Waals surface area contributed by atoms with Gasteiger partial charge in [-0.2, -0.15) is 4.31 Å². The molecule has 0 aromatic heterocycles. The number of hydrogen-bond donors (Lipinski definition) is 1. The smallest absolute Gasteiger partial charge is 0.263 e. The molecule has 1 unspecified atom stereocenters. The van der Waals surface area contributed by atoms with Gasteiger partial charge in [-0.1, -0.05) is 42.5 Å². The molecule has 1 N–H and O–H groups in total. The van der Waals surface area contributed by atoms with E-state index in [2.05, 4.69) is 5.32 Å². The lowest BCUT2D eigenvalue weighted by Gasteiger charge is -2.34. The molecular weight excluding hydrogens is 506 g/mol. The van der Waals surface area contributed by atoms with E-state index in [0.717, 1.165) is 18.4 Å². The third kappa shape index (κ3) is 5.09. The number of nitrogens with zero attached hydrogens (tertiary/aromatic N) is 2. The van der Waals surface area contributed by atoms with Gasteiger partial charge in [-0.3, -0.25) is 9.59 Å². The molecule has 0 bridgehead atoms. The molecule has 1 fully saturated rings. The molecule has 1 saturated heterocycles. The number of carbonyl (C=O) groups is 2. The molecule has 0 spiro atoms. The second-order valence-electron chi connectivity index (χ2n) is 9.17. The minimum Gasteiger partial charge on any atom is -0.495 e. The van der Waals surface area contributed by atoms with Crippen molar-refractivity contribution in [2.75, 3.05) is 31.6 Å². The van der Waals surface area contributed by atoms with E-state index in [1.165, 1.54) is 34.5 Å². The fraction of sp³-hybridized carbons (Fsp3) is 0.286. The number of carbonyl (C=O) groups excluding carboxylic acids is 2. The van der Waals surface area contributed by atoms with Crippen molar-refractivity contribution in [3.05, 3.63) is 83.9 Å². The van der Waals surface area contributed by atoms with Gasteiger partial charge < -0.3 is 19.7 Å². The summed E-state index contributed by atoms with van der Waals surface area (Å²) in [6.45, 7) is 1.16. The van der Waals surface area contributed by atoms with Crippen LogP contribution in [-0.2, 0) is 21.4 Å². The molecule has 3 aromatic rings. The number of hydrogen-bond acceptors (Lipinski definition) is 6. The van der Waals surface area contributed by atoms with Gasteiger partial charge in [0.1, 0.15) is 16.4 Å². The summed E-state index contributed by atoms with van der Waals surface area (Å²) in [5.74, 6) is -0.227. The number of anilines is 1. The van der Waals surface area contributed by atoms with Crippen molar-refractivity contribution in [2.45, 2.75) is 30.4 Å². The van der Waals surface area contributed by atoms with Gasteiger partial charge in [0.25, 0.3) is 11.8 Å². The molecule has 2 aliphatic rings. The summed E-state index contributed by atoms with van der Waals surface area (Å²) in [5.41, 5.74) is 1.61. The standard InChI is InChI=1S/C28H29N3O6S/c1-36-24-14-13-21(17-26(24)38(34,35)30-15-7-8-16-30)28(33)31-19-25(37-23-12-6-5-11-22(23)31)27(32)29-18-20-9-3-2-4-10-20/h2-6,9-14,17,25H,7-8,15-16,18-19H2,1H3,(H,29,32). The second-order valence-corrected chi connectivity index (χ2v) is 11.1. The van der Waals surface area contributed by atoms with Gasteiger partial charge in [0.15, 0.2) is 6.10 Å². The first kappa shape index (κ1) is 25.7. The zero-order valence-electron chi connectivity index (χ0n) is 21.0. The van der Waals surface area contributed by atoms with Crippen molar-refractivity contribution in [1.82, 2.24) is 9.62 Å². The fourth-order valence-electron chi connectivity index (χ4n) is 4.70. The number of para-hydroxylation sites is 2. The van der Waals surface area contributed by atoms with Crippen molar-refractivity contribution in [3.8, 4) is 11.5 Å². The van der Waals surface area contributed by atoms with Gasteiger partial charge in [0, 0.05) is 25.2 Å². The molecule has 198 valence electrons. The van der Waals surface area contributed by atoms with E-state index >= 15 is 0 Å². The van der Waals surface area contributed by atoms with Gasteiger partial charge in [-0.25, -0.2) is 8.42 Å². The first-order valence-corrected chi connectivity index (χ1v) is 13.9. The van der Waals surface area contributed by atoms with E-state index < -0.39 is 22.0 Å². The van der Waals surface area contributed by atoms with Crippen LogP contribution in [0.1, 0.15) is 28.8 Å². The summed E-state index contributed by atoms with van der Waals surface area (Å²) in [7, 11) is -2.44. The van der Waals surface area contributed by atoms with Crippen molar-refractivity contribution in [1.29, 1.82) is 0 Å². The Bertz CT molecular complexity index is 1440. The summed E-state index contributed by atoms with van der Waals surface area (Å²) in [5, 5.41) is 2.87. The van der Waals surface area contributed by atoms with Gasteiger partial charge in [0.2, 0.25) is 10.0 Å². The van der Waals surface area contributed by atoms with Crippen molar-refractivity contribution in [3.63, 3.8) is 0 Å². The number of ether oxygens (including phenoxy) is 2. The summed E-state index contributed by atoms with van der Waals surface area (Å²) >= 11 is 0. The average molecular weight is 536 g/mol. The number of methoxy groups -OCH3 is 1. The van der Waals surface area contributed by atoms with E-state index in [1.807, 2.05) is 30.3 Å². The second kappa shape index (κ2) is 10.8. The third-order valence-electron chi connectivity index (χ3n) is 6.71. The Balaban J connectivity index is 1.43. The van der Waals surface area contributed by atoms with Crippen LogP contribution in [-0.4, -0.2) is 57.4 Å². The highest BCUT2D eigenvalue weighted by atomic mass is 32.2. The van der Waals surface area contributed by atoms with E-state index in [4.69, 9.17) is 9.47 Å². The predicted octanol–water partition coefficient (Wildman–Crippen LogP) is 3.20. The number of fused-ring (bicyclic) bond motifs is 1. The summed E-state index contributed by atoms with van der Waals surface area (Å²) in [6.07, 6.45) is 0.639. The molecule has 5 rings (SSSR count). The molecule has 0 aliphatic carbocycles. The lowest BCUT2D eigenvalue weighted by Crippen LogP contribution is -2.50. The molecule has 38 heavy (non-hydrogen) atoms. The highest BCUT2D eigenvalue weighted by molar-refractivity contribution is 7.89. The Morgan fingerprint density at radius 1 is 1.00 bits per heavy atom. The van der Waals surface area contributed by atoms with Crippen LogP contribution in [0, 0.1) is 0 Å². The quantitative estimate of drug-likeness (QED) is 0.498. The average Bonchev–Trinajstić information content (AvgIpc) is 3.51. The highest BCUT2D eigenvalue weighted by Crippen LogP contribution is 2.35. The van der Waals surface area contributed by atoms with Crippen LogP contribution in [0.15, 0.2) is 77.7 Å². The third-order valence-corrected chi connectivity index (χ3v) is 8.63. The number of amides is 2. The number of rotatable bonds is 7. The van der Waals surface area contributed by atoms with Crippen LogP contribution >= 0.6 is 0 Å². The Morgan fingerprint density at radius 3 is 2.45 bits per heavy atom. The highest BCUT2D eigenvalue weighted by Gasteiger charge is 2.36. The summed E-state index contributed by atoms with van der Waals surface area (Å²) in [6, 6.07) is 20.9. The zero-order chi connectivity index (χ0) is 26.7. The van der Waals surface area contributed by atoms with E-state index in [1.54, 1.807) is 24.3 Å². The Kier molecular flexibility index (Phi) is 7.35. The normalized spacial score (nSPS) is 17.4. The van der Waals surface area contributed by atoms with Crippen molar-refractivity contribution in [2.24, 2.45) is 0 Å². The molecule has 3 aromatic carbocycles. The number of nitrogens with one attached hydrogen (secondary N) is 1. The molecule has 1 atom stereocenters. The van der Waals surface area contributed by atoms with Gasteiger partial charge in [0.05, 0.1) is 19.3 Å². The van der Waals surface area contributed by atoms with Gasteiger partial charge in [-0.15, -0.1) is 0 Å². The number of sulfonamides is 1. The maximum absolute atomic E-state index is 13.8. The molecule has 9 nitrogen and oxygen atoms in total. The maximum atomic E-state index is 13.8. The van der Waals surface area contributed by atoms with Crippen LogP contribution in [0.2, 0.25) is 0 Å². The van der Waals surface area contributed by atoms with Crippen LogP contribution in [0.25, 0.3) is 0 Å². The fourth-order valence-corrected chi connectivity index (χ4v) is 6.40. The lowest BCUT2D eigenvalue weighted by molar-refractivity contribution is -0.128. The molecule has 2 aliphatic heterocycles. The molecule has 2 heterocycles. The summed E-state index contributed by atoms with van der Waals surface area (Å²) < 4.78 is 39.4. The SMILES string of the molecule is COc1ccc(C(=O)N2CC(C(=O)NCc3ccccc3)Oc3ccccc32)cc1S(=O)(=O)N1CCCC1. The molecule has 0 radical (unpaired) electrons. The van der Waals surface area contributed by atoms with Crippen molar-refractivity contribution >= 4 is 27.5 Å². The van der Waals surface area contributed by atoms with Crippen LogP contribution in [0.4, 0.5) is 5.69 Å². The van der Waals surface area contributed by atoms with Crippen LogP contribution < -0.4 is 19.7 Å². The minimum atomic E-state index is -3.84. The molecular formula is C28H29N3O6S. The Hall–Kier alpha value is -3.89. The predicted molar refractivity (Wildman–Crippen MR) is 142 cm³/mol. The van der Waals surface area contributed by atoms with E-state index in [0.29, 0.717) is 31.1 Å². The van der Waals surface area contributed by atoms with Crippen LogP contribution in [0.5, 0.6) is 11.5 Å².